The normalized spacial score (nSPS) is 19.5. The number of nitrogens with two attached hydrogens (primary N) is 1. The van der Waals surface area contributed by atoms with Crippen LogP contribution in [0.5, 0.6) is 0 Å². The highest BCUT2D eigenvalue weighted by molar-refractivity contribution is 4.78. The Morgan fingerprint density at radius 1 is 1.25 bits per heavy atom. The fourth-order valence-corrected chi connectivity index (χ4v) is 1.73. The van der Waals surface area contributed by atoms with Crippen LogP contribution >= 0.6 is 0 Å². The summed E-state index contributed by atoms with van der Waals surface area (Å²) in [4.78, 5) is 0. The molecule has 0 aliphatic heterocycles. The van der Waals surface area contributed by atoms with Gasteiger partial charge in [-0.2, -0.15) is 0 Å². The zero-order valence-corrected chi connectivity index (χ0v) is 8.39. The van der Waals surface area contributed by atoms with Crippen molar-refractivity contribution in [3.05, 3.63) is 0 Å². The number of hydrogen-bond acceptors (Lipinski definition) is 1. The molecule has 2 N–H and O–H groups in total. The molecular weight excluding hydrogens is 146 g/mol. The topological polar surface area (TPSA) is 26.0 Å². The predicted octanol–water partition coefficient (Wildman–Crippen LogP) is 3.08. The van der Waals surface area contributed by atoms with Gasteiger partial charge in [0.15, 0.2) is 0 Å². The summed E-state index contributed by atoms with van der Waals surface area (Å²) in [5, 5.41) is 0. The Bertz CT molecular complexity index is 108. The Morgan fingerprint density at radius 2 is 2.00 bits per heavy atom. The Kier molecular flexibility index (Phi) is 4.67. The van der Waals surface area contributed by atoms with Gasteiger partial charge in [0.1, 0.15) is 0 Å². The SMILES string of the molecule is CCCCCCC(N)CC1CC1. The van der Waals surface area contributed by atoms with E-state index in [-0.39, 0.29) is 0 Å². The molecule has 0 amide bonds. The van der Waals surface area contributed by atoms with Gasteiger partial charge in [-0.1, -0.05) is 45.4 Å². The molecule has 0 spiro atoms. The van der Waals surface area contributed by atoms with Crippen LogP contribution in [0.1, 0.15) is 58.3 Å². The fraction of sp³-hybridized carbons (Fsp3) is 1.00. The maximum absolute atomic E-state index is 6.00. The minimum Gasteiger partial charge on any atom is -0.328 e. The minimum absolute atomic E-state index is 0.509. The van der Waals surface area contributed by atoms with E-state index in [9.17, 15) is 0 Å². The Balaban J connectivity index is 1.83. The van der Waals surface area contributed by atoms with E-state index in [1.807, 2.05) is 0 Å². The first-order chi connectivity index (χ1) is 5.83. The molecule has 0 heterocycles. The zero-order chi connectivity index (χ0) is 8.81. The van der Waals surface area contributed by atoms with E-state index in [0.29, 0.717) is 6.04 Å². The third kappa shape index (κ3) is 4.76. The zero-order valence-electron chi connectivity index (χ0n) is 8.39. The van der Waals surface area contributed by atoms with Crippen LogP contribution in [0, 0.1) is 5.92 Å². The highest BCUT2D eigenvalue weighted by atomic mass is 14.6. The van der Waals surface area contributed by atoms with E-state index in [4.69, 9.17) is 5.73 Å². The summed E-state index contributed by atoms with van der Waals surface area (Å²) in [6.07, 6.45) is 10.9. The average Bonchev–Trinajstić information content (AvgIpc) is 2.82. The molecule has 72 valence electrons. The molecule has 1 unspecified atom stereocenters. The van der Waals surface area contributed by atoms with Crippen molar-refractivity contribution in [2.24, 2.45) is 11.7 Å². The van der Waals surface area contributed by atoms with E-state index in [1.165, 1.54) is 51.4 Å². The molecule has 1 atom stereocenters. The van der Waals surface area contributed by atoms with Gasteiger partial charge in [-0.15, -0.1) is 0 Å². The quantitative estimate of drug-likeness (QED) is 0.582. The number of hydrogen-bond donors (Lipinski definition) is 1. The van der Waals surface area contributed by atoms with Crippen molar-refractivity contribution in [3.8, 4) is 0 Å². The van der Waals surface area contributed by atoms with Crippen molar-refractivity contribution < 1.29 is 0 Å². The highest BCUT2D eigenvalue weighted by Crippen LogP contribution is 2.33. The third-order valence-corrected chi connectivity index (χ3v) is 2.76. The molecule has 0 bridgehead atoms. The van der Waals surface area contributed by atoms with Crippen LogP contribution in [0.15, 0.2) is 0 Å². The van der Waals surface area contributed by atoms with E-state index in [0.717, 1.165) is 5.92 Å². The highest BCUT2D eigenvalue weighted by Gasteiger charge is 2.23. The van der Waals surface area contributed by atoms with E-state index >= 15 is 0 Å². The average molecular weight is 169 g/mol. The first kappa shape index (κ1) is 10.0. The van der Waals surface area contributed by atoms with E-state index in [2.05, 4.69) is 6.92 Å². The molecule has 0 aromatic carbocycles. The van der Waals surface area contributed by atoms with Gasteiger partial charge in [0.2, 0.25) is 0 Å². The van der Waals surface area contributed by atoms with Gasteiger partial charge in [0, 0.05) is 6.04 Å². The van der Waals surface area contributed by atoms with Gasteiger partial charge in [-0.25, -0.2) is 0 Å². The Hall–Kier alpha value is -0.0400. The Morgan fingerprint density at radius 3 is 2.58 bits per heavy atom. The van der Waals surface area contributed by atoms with Gasteiger partial charge in [0.25, 0.3) is 0 Å². The van der Waals surface area contributed by atoms with E-state index in [1.54, 1.807) is 0 Å². The van der Waals surface area contributed by atoms with Crippen LogP contribution < -0.4 is 5.73 Å². The lowest BCUT2D eigenvalue weighted by molar-refractivity contribution is 0.498. The largest absolute Gasteiger partial charge is 0.328 e. The van der Waals surface area contributed by atoms with Crippen molar-refractivity contribution >= 4 is 0 Å². The van der Waals surface area contributed by atoms with Gasteiger partial charge < -0.3 is 5.73 Å². The summed E-state index contributed by atoms with van der Waals surface area (Å²) in [5.41, 5.74) is 6.00. The van der Waals surface area contributed by atoms with Crippen molar-refractivity contribution in [2.75, 3.05) is 0 Å². The summed E-state index contributed by atoms with van der Waals surface area (Å²) in [6.45, 7) is 2.25. The number of unbranched alkanes of at least 4 members (excludes halogenated alkanes) is 3. The monoisotopic (exact) mass is 169 g/mol. The molecule has 1 saturated carbocycles. The van der Waals surface area contributed by atoms with Crippen LogP contribution in [0.25, 0.3) is 0 Å². The van der Waals surface area contributed by atoms with Gasteiger partial charge >= 0.3 is 0 Å². The van der Waals surface area contributed by atoms with Crippen molar-refractivity contribution in [1.29, 1.82) is 0 Å². The second-order valence-corrected chi connectivity index (χ2v) is 4.29. The van der Waals surface area contributed by atoms with Crippen molar-refractivity contribution in [1.82, 2.24) is 0 Å². The molecule has 1 heteroatoms. The second-order valence-electron chi connectivity index (χ2n) is 4.29. The smallest absolute Gasteiger partial charge is 0.00414 e. The predicted molar refractivity (Wildman–Crippen MR) is 54.1 cm³/mol. The van der Waals surface area contributed by atoms with Crippen molar-refractivity contribution in [2.45, 2.75) is 64.3 Å². The lowest BCUT2D eigenvalue weighted by Gasteiger charge is -2.09. The van der Waals surface area contributed by atoms with Gasteiger partial charge in [-0.05, 0) is 18.8 Å². The molecule has 0 radical (unpaired) electrons. The maximum Gasteiger partial charge on any atom is 0.00414 e. The molecule has 1 nitrogen and oxygen atoms in total. The van der Waals surface area contributed by atoms with Crippen LogP contribution in [0.4, 0.5) is 0 Å². The summed E-state index contributed by atoms with van der Waals surface area (Å²) >= 11 is 0. The fourth-order valence-electron chi connectivity index (χ4n) is 1.73. The van der Waals surface area contributed by atoms with Crippen LogP contribution in [0.3, 0.4) is 0 Å². The summed E-state index contributed by atoms with van der Waals surface area (Å²) < 4.78 is 0. The van der Waals surface area contributed by atoms with Gasteiger partial charge in [-0.3, -0.25) is 0 Å². The maximum atomic E-state index is 6.00. The van der Waals surface area contributed by atoms with Crippen molar-refractivity contribution in [3.63, 3.8) is 0 Å². The second kappa shape index (κ2) is 5.58. The van der Waals surface area contributed by atoms with Gasteiger partial charge in [0.05, 0.1) is 0 Å². The summed E-state index contributed by atoms with van der Waals surface area (Å²) in [5.74, 6) is 1.01. The molecule has 0 saturated heterocycles. The lowest BCUT2D eigenvalue weighted by atomic mass is 10.0. The van der Waals surface area contributed by atoms with Crippen LogP contribution in [-0.4, -0.2) is 6.04 Å². The first-order valence-corrected chi connectivity index (χ1v) is 5.58. The molecule has 1 fully saturated rings. The molecular formula is C11H23N. The molecule has 0 aromatic heterocycles. The molecule has 1 aliphatic rings. The lowest BCUT2D eigenvalue weighted by Crippen LogP contribution is -2.20. The Labute approximate surface area is 76.7 Å². The van der Waals surface area contributed by atoms with E-state index < -0.39 is 0 Å². The number of rotatable bonds is 7. The molecule has 0 aromatic rings. The van der Waals surface area contributed by atoms with Crippen LogP contribution in [0.2, 0.25) is 0 Å². The standard InChI is InChI=1S/C11H23N/c1-2-3-4-5-6-11(12)9-10-7-8-10/h10-11H,2-9,12H2,1H3. The molecule has 1 aliphatic carbocycles. The molecule has 12 heavy (non-hydrogen) atoms. The summed E-state index contributed by atoms with van der Waals surface area (Å²) in [6, 6.07) is 0.509. The summed E-state index contributed by atoms with van der Waals surface area (Å²) in [7, 11) is 0. The minimum atomic E-state index is 0.509. The first-order valence-electron chi connectivity index (χ1n) is 5.58. The third-order valence-electron chi connectivity index (χ3n) is 2.76. The van der Waals surface area contributed by atoms with Crippen LogP contribution in [-0.2, 0) is 0 Å². The molecule has 1 rings (SSSR count).